The van der Waals surface area contributed by atoms with Crippen molar-refractivity contribution in [2.24, 2.45) is 0 Å². The van der Waals surface area contributed by atoms with Crippen molar-refractivity contribution in [1.82, 2.24) is 24.8 Å². The lowest BCUT2D eigenvalue weighted by atomic mass is 10.2. The minimum Gasteiger partial charge on any atom is -0.332 e. The summed E-state index contributed by atoms with van der Waals surface area (Å²) in [5.74, 6) is 1.08. The van der Waals surface area contributed by atoms with Gasteiger partial charge in [0.2, 0.25) is 0 Å². The molecule has 0 aliphatic carbocycles. The zero-order valence-electron chi connectivity index (χ0n) is 13.8. The number of hydrogen-bond donors (Lipinski definition) is 1. The fourth-order valence-corrected chi connectivity index (χ4v) is 4.50. The molecule has 6 nitrogen and oxygen atoms in total. The van der Waals surface area contributed by atoms with E-state index in [-0.39, 0.29) is 12.1 Å². The molecule has 3 rings (SSSR count). The quantitative estimate of drug-likeness (QED) is 0.920. The van der Waals surface area contributed by atoms with Crippen LogP contribution in [-0.4, -0.2) is 38.3 Å². The van der Waals surface area contributed by atoms with E-state index < -0.39 is 0 Å². The van der Waals surface area contributed by atoms with Crippen molar-refractivity contribution in [3.8, 4) is 0 Å². The number of rotatable bonds is 4. The van der Waals surface area contributed by atoms with Gasteiger partial charge in [-0.15, -0.1) is 11.3 Å². The lowest BCUT2D eigenvalue weighted by molar-refractivity contribution is 0.193. The number of aryl methyl sites for hydroxylation is 3. The van der Waals surface area contributed by atoms with Crippen molar-refractivity contribution < 1.29 is 4.79 Å². The van der Waals surface area contributed by atoms with Crippen LogP contribution in [-0.2, 0) is 13.1 Å². The van der Waals surface area contributed by atoms with Crippen LogP contribution in [0.3, 0.4) is 0 Å². The highest BCUT2D eigenvalue weighted by molar-refractivity contribution is 7.99. The Bertz CT molecular complexity index is 702. The number of thiazole rings is 1. The zero-order chi connectivity index (χ0) is 16.6. The Balaban J connectivity index is 1.59. The van der Waals surface area contributed by atoms with Crippen LogP contribution in [0.25, 0.3) is 0 Å². The van der Waals surface area contributed by atoms with Crippen LogP contribution in [0.1, 0.15) is 34.2 Å². The molecule has 1 atom stereocenters. The first-order chi connectivity index (χ1) is 11.0. The van der Waals surface area contributed by atoms with Gasteiger partial charge in [0.25, 0.3) is 0 Å². The molecule has 0 saturated carbocycles. The van der Waals surface area contributed by atoms with Gasteiger partial charge in [0.1, 0.15) is 0 Å². The van der Waals surface area contributed by atoms with Gasteiger partial charge in [0.15, 0.2) is 5.16 Å². The van der Waals surface area contributed by atoms with E-state index in [0.29, 0.717) is 6.54 Å². The van der Waals surface area contributed by atoms with Crippen LogP contribution in [0.4, 0.5) is 4.79 Å². The Morgan fingerprint density at radius 1 is 1.48 bits per heavy atom. The summed E-state index contributed by atoms with van der Waals surface area (Å²) < 4.78 is 2.14. The van der Waals surface area contributed by atoms with Crippen molar-refractivity contribution in [2.75, 3.05) is 12.8 Å². The van der Waals surface area contributed by atoms with Gasteiger partial charge in [-0.05, 0) is 20.8 Å². The fraction of sp³-hybridized carbons (Fsp3) is 0.533. The lowest BCUT2D eigenvalue weighted by Gasteiger charge is -2.24. The number of carbonyl (C=O) groups excluding carboxylic acids is 1. The number of aromatic nitrogens is 3. The molecule has 0 spiro atoms. The molecule has 1 unspecified atom stereocenters. The summed E-state index contributed by atoms with van der Waals surface area (Å²) in [6.07, 6.45) is 2.02. The Labute approximate surface area is 144 Å². The van der Waals surface area contributed by atoms with Gasteiger partial charge in [-0.25, -0.2) is 14.8 Å². The Kier molecular flexibility index (Phi) is 4.63. The Hall–Kier alpha value is -1.54. The van der Waals surface area contributed by atoms with E-state index in [2.05, 4.69) is 19.9 Å². The highest BCUT2D eigenvalue weighted by Gasteiger charge is 2.22. The van der Waals surface area contributed by atoms with Crippen LogP contribution in [0.15, 0.2) is 11.4 Å². The van der Waals surface area contributed by atoms with Gasteiger partial charge in [0, 0.05) is 30.4 Å². The number of carbonyl (C=O) groups is 1. The maximum absolute atomic E-state index is 12.4. The summed E-state index contributed by atoms with van der Waals surface area (Å²) in [4.78, 5) is 24.3. The SMILES string of the molecule is Cc1nc(C(C)N(C)C(=O)NCc2cn3c(n2)SCC3)c(C)s1. The summed E-state index contributed by atoms with van der Waals surface area (Å²) in [7, 11) is 1.80. The summed E-state index contributed by atoms with van der Waals surface area (Å²) in [5.41, 5.74) is 1.88. The van der Waals surface area contributed by atoms with Crippen molar-refractivity contribution in [1.29, 1.82) is 0 Å². The summed E-state index contributed by atoms with van der Waals surface area (Å²) in [6.45, 7) is 7.49. The molecule has 1 N–H and O–H groups in total. The molecule has 3 heterocycles. The smallest absolute Gasteiger partial charge is 0.318 e. The van der Waals surface area contributed by atoms with Crippen LogP contribution in [0, 0.1) is 13.8 Å². The maximum Gasteiger partial charge on any atom is 0.318 e. The van der Waals surface area contributed by atoms with Crippen LogP contribution >= 0.6 is 23.1 Å². The number of fused-ring (bicyclic) bond motifs is 1. The average Bonchev–Trinajstić information content (AvgIpc) is 3.17. The summed E-state index contributed by atoms with van der Waals surface area (Å²) in [6, 6.07) is -0.161. The number of imidazole rings is 1. The maximum atomic E-state index is 12.4. The molecular weight excluding hydrogens is 330 g/mol. The first kappa shape index (κ1) is 16.3. The molecule has 8 heteroatoms. The monoisotopic (exact) mass is 351 g/mol. The molecule has 0 bridgehead atoms. The Morgan fingerprint density at radius 3 is 2.91 bits per heavy atom. The van der Waals surface area contributed by atoms with E-state index in [1.807, 2.05) is 27.0 Å². The van der Waals surface area contributed by atoms with Crippen molar-refractivity contribution in [2.45, 2.75) is 45.1 Å². The van der Waals surface area contributed by atoms with Gasteiger partial charge in [0.05, 0.1) is 29.0 Å². The van der Waals surface area contributed by atoms with Gasteiger partial charge in [-0.1, -0.05) is 11.8 Å². The van der Waals surface area contributed by atoms with Gasteiger partial charge < -0.3 is 14.8 Å². The van der Waals surface area contributed by atoms with Gasteiger partial charge in [-0.3, -0.25) is 0 Å². The largest absolute Gasteiger partial charge is 0.332 e. The third-order valence-electron chi connectivity index (χ3n) is 4.01. The molecule has 0 radical (unpaired) electrons. The summed E-state index contributed by atoms with van der Waals surface area (Å²) in [5, 5.41) is 5.02. The molecule has 124 valence electrons. The normalized spacial score (nSPS) is 14.6. The predicted octanol–water partition coefficient (Wildman–Crippen LogP) is 2.96. The average molecular weight is 352 g/mol. The summed E-state index contributed by atoms with van der Waals surface area (Å²) >= 11 is 3.42. The molecule has 2 amide bonds. The second-order valence-electron chi connectivity index (χ2n) is 5.68. The predicted molar refractivity (Wildman–Crippen MR) is 93.0 cm³/mol. The lowest BCUT2D eigenvalue weighted by Crippen LogP contribution is -2.38. The molecule has 23 heavy (non-hydrogen) atoms. The molecule has 1 aliphatic rings. The van der Waals surface area contributed by atoms with Gasteiger partial charge in [-0.2, -0.15) is 0 Å². The first-order valence-corrected chi connectivity index (χ1v) is 9.39. The molecule has 2 aromatic rings. The second-order valence-corrected chi connectivity index (χ2v) is 8.15. The standard InChI is InChI=1S/C15H21N5OS2/c1-9(13-10(2)23-11(3)17-13)19(4)14(21)16-7-12-8-20-5-6-22-15(20)18-12/h8-9H,5-7H2,1-4H3,(H,16,21). The van der Waals surface area contributed by atoms with E-state index in [4.69, 9.17) is 0 Å². The first-order valence-electron chi connectivity index (χ1n) is 7.59. The van der Waals surface area contributed by atoms with E-state index >= 15 is 0 Å². The number of urea groups is 1. The molecule has 0 aromatic carbocycles. The molecule has 0 fully saturated rings. The highest BCUT2D eigenvalue weighted by Crippen LogP contribution is 2.26. The number of nitrogens with one attached hydrogen (secondary N) is 1. The number of thioether (sulfide) groups is 1. The van der Waals surface area contributed by atoms with E-state index in [0.717, 1.165) is 38.7 Å². The molecule has 0 saturated heterocycles. The van der Waals surface area contributed by atoms with Gasteiger partial charge >= 0.3 is 6.03 Å². The van der Waals surface area contributed by atoms with Crippen LogP contribution < -0.4 is 5.32 Å². The number of nitrogens with zero attached hydrogens (tertiary/aromatic N) is 4. The van der Waals surface area contributed by atoms with Crippen LogP contribution in [0.2, 0.25) is 0 Å². The number of amides is 2. The van der Waals surface area contributed by atoms with Crippen LogP contribution in [0.5, 0.6) is 0 Å². The topological polar surface area (TPSA) is 63.1 Å². The zero-order valence-corrected chi connectivity index (χ0v) is 15.4. The third kappa shape index (κ3) is 3.37. The van der Waals surface area contributed by atoms with E-state index in [1.165, 1.54) is 0 Å². The number of hydrogen-bond acceptors (Lipinski definition) is 5. The third-order valence-corrected chi connectivity index (χ3v) is 5.88. The molecular formula is C15H21N5OS2. The van der Waals surface area contributed by atoms with E-state index in [1.54, 1.807) is 35.0 Å². The minimum absolute atomic E-state index is 0.0532. The van der Waals surface area contributed by atoms with Crippen molar-refractivity contribution in [3.63, 3.8) is 0 Å². The highest BCUT2D eigenvalue weighted by atomic mass is 32.2. The van der Waals surface area contributed by atoms with Crippen molar-refractivity contribution in [3.05, 3.63) is 27.5 Å². The van der Waals surface area contributed by atoms with E-state index in [9.17, 15) is 4.79 Å². The second kappa shape index (κ2) is 6.52. The van der Waals surface area contributed by atoms with Crippen molar-refractivity contribution >= 4 is 29.1 Å². The molecule has 2 aromatic heterocycles. The Morgan fingerprint density at radius 2 is 2.26 bits per heavy atom. The minimum atomic E-state index is -0.108. The fourth-order valence-electron chi connectivity index (χ4n) is 2.63. The molecule has 1 aliphatic heterocycles.